The van der Waals surface area contributed by atoms with Crippen molar-refractivity contribution in [2.45, 2.75) is 20.8 Å². The van der Waals surface area contributed by atoms with Crippen molar-refractivity contribution in [3.63, 3.8) is 0 Å². The highest BCUT2D eigenvalue weighted by molar-refractivity contribution is 6.05. The summed E-state index contributed by atoms with van der Waals surface area (Å²) in [4.78, 5) is 12.3. The number of carbonyl (C=O) groups excluding carboxylic acids is 1. The smallest absolute Gasteiger partial charge is 0.255 e. The van der Waals surface area contributed by atoms with Gasteiger partial charge in [0.15, 0.2) is 0 Å². The molecule has 20 heavy (non-hydrogen) atoms. The summed E-state index contributed by atoms with van der Waals surface area (Å²) in [5.41, 5.74) is 5.93. The van der Waals surface area contributed by atoms with Gasteiger partial charge in [-0.25, -0.2) is 0 Å². The summed E-state index contributed by atoms with van der Waals surface area (Å²) in [5, 5.41) is 6.01. The Morgan fingerprint density at radius 2 is 1.65 bits per heavy atom. The maximum absolute atomic E-state index is 12.3. The molecule has 0 aliphatic heterocycles. The van der Waals surface area contributed by atoms with Crippen molar-refractivity contribution in [3.05, 3.63) is 58.7 Å². The molecule has 0 atom stereocenters. The van der Waals surface area contributed by atoms with Gasteiger partial charge in [-0.05, 0) is 61.7 Å². The fourth-order valence-corrected chi connectivity index (χ4v) is 2.11. The lowest BCUT2D eigenvalue weighted by molar-refractivity contribution is 0.102. The van der Waals surface area contributed by atoms with E-state index >= 15 is 0 Å². The zero-order chi connectivity index (χ0) is 14.7. The number of nitrogens with one attached hydrogen (secondary N) is 2. The molecule has 0 unspecified atom stereocenters. The zero-order valence-corrected chi connectivity index (χ0v) is 12.4. The number of hydrogen-bond donors (Lipinski definition) is 2. The lowest BCUT2D eigenvalue weighted by Gasteiger charge is -2.12. The highest BCUT2D eigenvalue weighted by Gasteiger charge is 2.09. The zero-order valence-electron chi connectivity index (χ0n) is 12.4. The minimum Gasteiger partial charge on any atom is -0.388 e. The number of aryl methyl sites for hydroxylation is 3. The van der Waals surface area contributed by atoms with E-state index < -0.39 is 0 Å². The fraction of sp³-hybridized carbons (Fsp3) is 0.235. The molecule has 0 radical (unpaired) electrons. The molecule has 2 N–H and O–H groups in total. The van der Waals surface area contributed by atoms with Crippen LogP contribution >= 0.6 is 0 Å². The van der Waals surface area contributed by atoms with Crippen LogP contribution in [0.15, 0.2) is 36.4 Å². The summed E-state index contributed by atoms with van der Waals surface area (Å²) >= 11 is 0. The summed E-state index contributed by atoms with van der Waals surface area (Å²) in [5.74, 6) is -0.0894. The van der Waals surface area contributed by atoms with Crippen LogP contribution in [0.2, 0.25) is 0 Å². The number of benzene rings is 2. The summed E-state index contributed by atoms with van der Waals surface area (Å²) < 4.78 is 0. The molecule has 1 amide bonds. The predicted molar refractivity (Wildman–Crippen MR) is 84.6 cm³/mol. The first-order valence-electron chi connectivity index (χ1n) is 6.68. The Morgan fingerprint density at radius 3 is 2.35 bits per heavy atom. The second-order valence-corrected chi connectivity index (χ2v) is 5.04. The molecule has 0 aromatic heterocycles. The first kappa shape index (κ1) is 14.1. The number of rotatable bonds is 3. The van der Waals surface area contributed by atoms with Crippen molar-refractivity contribution < 1.29 is 4.79 Å². The fourth-order valence-electron chi connectivity index (χ4n) is 2.11. The van der Waals surface area contributed by atoms with Crippen molar-refractivity contribution in [1.82, 2.24) is 0 Å². The molecule has 104 valence electrons. The monoisotopic (exact) mass is 268 g/mol. The quantitative estimate of drug-likeness (QED) is 0.886. The van der Waals surface area contributed by atoms with E-state index in [1.807, 2.05) is 51.2 Å². The van der Waals surface area contributed by atoms with Gasteiger partial charge in [-0.3, -0.25) is 4.79 Å². The molecular weight excluding hydrogens is 248 g/mol. The van der Waals surface area contributed by atoms with E-state index in [4.69, 9.17) is 0 Å². The third kappa shape index (κ3) is 2.99. The Labute approximate surface area is 120 Å². The van der Waals surface area contributed by atoms with Gasteiger partial charge in [0, 0.05) is 24.0 Å². The Morgan fingerprint density at radius 1 is 0.950 bits per heavy atom. The number of amides is 1. The Bertz CT molecular complexity index is 647. The van der Waals surface area contributed by atoms with Crippen LogP contribution in [0.1, 0.15) is 27.0 Å². The molecule has 2 rings (SSSR count). The first-order valence-corrected chi connectivity index (χ1v) is 6.68. The van der Waals surface area contributed by atoms with E-state index in [1.165, 1.54) is 11.1 Å². The third-order valence-electron chi connectivity index (χ3n) is 3.50. The lowest BCUT2D eigenvalue weighted by atomic mass is 10.0. The molecule has 0 saturated carbocycles. The average molecular weight is 268 g/mol. The Hall–Kier alpha value is -2.29. The van der Waals surface area contributed by atoms with Crippen LogP contribution in [0.3, 0.4) is 0 Å². The van der Waals surface area contributed by atoms with E-state index in [1.54, 1.807) is 0 Å². The van der Waals surface area contributed by atoms with Gasteiger partial charge in [0.05, 0.1) is 0 Å². The predicted octanol–water partition coefficient (Wildman–Crippen LogP) is 3.91. The standard InChI is InChI=1S/C17H20N2O/c1-11-8-13(3)16(9-12(11)2)19-17(20)14-6-5-7-15(10-14)18-4/h5-10,18H,1-4H3,(H,19,20). The van der Waals surface area contributed by atoms with Gasteiger partial charge in [-0.2, -0.15) is 0 Å². The van der Waals surface area contributed by atoms with Crippen molar-refractivity contribution in [2.75, 3.05) is 17.7 Å². The van der Waals surface area contributed by atoms with Crippen molar-refractivity contribution in [3.8, 4) is 0 Å². The summed E-state index contributed by atoms with van der Waals surface area (Å²) in [6.07, 6.45) is 0. The third-order valence-corrected chi connectivity index (χ3v) is 3.50. The lowest BCUT2D eigenvalue weighted by Crippen LogP contribution is -2.13. The molecule has 3 nitrogen and oxygen atoms in total. The normalized spacial score (nSPS) is 10.2. The van der Waals surface area contributed by atoms with Crippen LogP contribution in [0.5, 0.6) is 0 Å². The van der Waals surface area contributed by atoms with Crippen LogP contribution in [-0.2, 0) is 0 Å². The van der Waals surface area contributed by atoms with E-state index in [2.05, 4.69) is 23.6 Å². The molecule has 2 aromatic rings. The number of anilines is 2. The molecule has 0 bridgehead atoms. The largest absolute Gasteiger partial charge is 0.388 e. The van der Waals surface area contributed by atoms with Gasteiger partial charge in [0.2, 0.25) is 0 Å². The Kier molecular flexibility index (Phi) is 4.08. The van der Waals surface area contributed by atoms with Gasteiger partial charge in [-0.1, -0.05) is 12.1 Å². The van der Waals surface area contributed by atoms with Crippen LogP contribution in [0.4, 0.5) is 11.4 Å². The van der Waals surface area contributed by atoms with Gasteiger partial charge in [0.25, 0.3) is 5.91 Å². The highest BCUT2D eigenvalue weighted by Crippen LogP contribution is 2.21. The molecule has 2 aromatic carbocycles. The molecule has 0 aliphatic rings. The van der Waals surface area contributed by atoms with Crippen molar-refractivity contribution >= 4 is 17.3 Å². The van der Waals surface area contributed by atoms with E-state index in [9.17, 15) is 4.79 Å². The second kappa shape index (κ2) is 5.78. The second-order valence-electron chi connectivity index (χ2n) is 5.04. The SMILES string of the molecule is CNc1cccc(C(=O)Nc2cc(C)c(C)cc2C)c1. The van der Waals surface area contributed by atoms with Crippen LogP contribution < -0.4 is 10.6 Å². The first-order chi connectivity index (χ1) is 9.51. The topological polar surface area (TPSA) is 41.1 Å². The van der Waals surface area contributed by atoms with E-state index in [0.29, 0.717) is 5.56 Å². The molecule has 0 fully saturated rings. The van der Waals surface area contributed by atoms with E-state index in [-0.39, 0.29) is 5.91 Å². The average Bonchev–Trinajstić information content (AvgIpc) is 2.44. The Balaban J connectivity index is 2.25. The van der Waals surface area contributed by atoms with E-state index in [0.717, 1.165) is 16.9 Å². The molecule has 0 heterocycles. The summed E-state index contributed by atoms with van der Waals surface area (Å²) in [7, 11) is 1.84. The molecule has 0 saturated heterocycles. The molecule has 0 aliphatic carbocycles. The molecular formula is C17H20N2O. The van der Waals surface area contributed by atoms with Crippen LogP contribution in [-0.4, -0.2) is 13.0 Å². The van der Waals surface area contributed by atoms with Crippen molar-refractivity contribution in [1.29, 1.82) is 0 Å². The van der Waals surface area contributed by atoms with Crippen molar-refractivity contribution in [2.24, 2.45) is 0 Å². The minimum atomic E-state index is -0.0894. The minimum absolute atomic E-state index is 0.0894. The number of hydrogen-bond acceptors (Lipinski definition) is 2. The summed E-state index contributed by atoms with van der Waals surface area (Å²) in [6.45, 7) is 6.13. The molecule has 0 spiro atoms. The highest BCUT2D eigenvalue weighted by atomic mass is 16.1. The number of carbonyl (C=O) groups is 1. The van der Waals surface area contributed by atoms with Gasteiger partial charge in [-0.15, -0.1) is 0 Å². The maximum Gasteiger partial charge on any atom is 0.255 e. The summed E-state index contributed by atoms with van der Waals surface area (Å²) in [6, 6.07) is 11.6. The van der Waals surface area contributed by atoms with Gasteiger partial charge >= 0.3 is 0 Å². The molecule has 3 heteroatoms. The maximum atomic E-state index is 12.3. The van der Waals surface area contributed by atoms with Gasteiger partial charge < -0.3 is 10.6 Å². The van der Waals surface area contributed by atoms with Crippen LogP contribution in [0, 0.1) is 20.8 Å². The van der Waals surface area contributed by atoms with Crippen LogP contribution in [0.25, 0.3) is 0 Å². The van der Waals surface area contributed by atoms with Gasteiger partial charge in [0.1, 0.15) is 0 Å².